The zero-order valence-corrected chi connectivity index (χ0v) is 11.9. The lowest BCUT2D eigenvalue weighted by atomic mass is 10.2. The van der Waals surface area contributed by atoms with Gasteiger partial charge in [-0.2, -0.15) is 9.57 Å². The summed E-state index contributed by atoms with van der Waals surface area (Å²) in [7, 11) is -3.58. The third-order valence-corrected chi connectivity index (χ3v) is 5.08. The first-order valence-electron chi connectivity index (χ1n) is 5.76. The zero-order chi connectivity index (χ0) is 14.0. The van der Waals surface area contributed by atoms with Crippen molar-refractivity contribution in [2.45, 2.75) is 17.9 Å². The lowest BCUT2D eigenvalue weighted by molar-refractivity contribution is 0.0102. The number of hydrogen-bond acceptors (Lipinski definition) is 4. The Morgan fingerprint density at radius 1 is 1.53 bits per heavy atom. The van der Waals surface area contributed by atoms with E-state index in [9.17, 15) is 8.42 Å². The Labute approximate surface area is 117 Å². The van der Waals surface area contributed by atoms with Crippen LogP contribution in [-0.2, 0) is 14.8 Å². The molecule has 1 atom stereocenters. The molecule has 1 saturated heterocycles. The third-order valence-electron chi connectivity index (χ3n) is 2.90. The normalized spacial score (nSPS) is 21.0. The molecule has 1 aromatic carbocycles. The minimum atomic E-state index is -3.58. The molecule has 0 N–H and O–H groups in total. The van der Waals surface area contributed by atoms with Gasteiger partial charge in [-0.3, -0.25) is 0 Å². The molecular weight excluding hydrogens is 288 g/mol. The van der Waals surface area contributed by atoms with Crippen LogP contribution in [0.25, 0.3) is 0 Å². The molecule has 1 heterocycles. The van der Waals surface area contributed by atoms with Gasteiger partial charge in [-0.25, -0.2) is 8.42 Å². The standard InChI is InChI=1S/C12H13ClN2O3S/c1-9-8-15(4-5-18-9)19(16,17)11-3-2-10(7-14)12(13)6-11/h2-3,6,9H,4-5,8H2,1H3. The van der Waals surface area contributed by atoms with Gasteiger partial charge in [0, 0.05) is 13.1 Å². The number of morpholine rings is 1. The SMILES string of the molecule is CC1CN(S(=O)(=O)c2ccc(C#N)c(Cl)c2)CCO1. The highest BCUT2D eigenvalue weighted by Gasteiger charge is 2.29. The van der Waals surface area contributed by atoms with Gasteiger partial charge in [0.25, 0.3) is 0 Å². The van der Waals surface area contributed by atoms with Crippen molar-refractivity contribution in [3.8, 4) is 6.07 Å². The van der Waals surface area contributed by atoms with E-state index in [1.54, 1.807) is 0 Å². The largest absolute Gasteiger partial charge is 0.376 e. The van der Waals surface area contributed by atoms with E-state index in [4.69, 9.17) is 21.6 Å². The molecular formula is C12H13ClN2O3S. The van der Waals surface area contributed by atoms with Crippen LogP contribution in [0.1, 0.15) is 12.5 Å². The van der Waals surface area contributed by atoms with Gasteiger partial charge in [0.2, 0.25) is 10.0 Å². The molecule has 0 saturated carbocycles. The fourth-order valence-electron chi connectivity index (χ4n) is 1.90. The van der Waals surface area contributed by atoms with Gasteiger partial charge in [-0.05, 0) is 25.1 Å². The Morgan fingerprint density at radius 2 is 2.26 bits per heavy atom. The Hall–Kier alpha value is -1.13. The van der Waals surface area contributed by atoms with E-state index in [0.717, 1.165) is 0 Å². The van der Waals surface area contributed by atoms with Crippen molar-refractivity contribution in [2.75, 3.05) is 19.7 Å². The van der Waals surface area contributed by atoms with Crippen LogP contribution in [0.3, 0.4) is 0 Å². The number of rotatable bonds is 2. The lowest BCUT2D eigenvalue weighted by Crippen LogP contribution is -2.44. The third kappa shape index (κ3) is 2.90. The lowest BCUT2D eigenvalue weighted by Gasteiger charge is -2.30. The second kappa shape index (κ2) is 5.47. The van der Waals surface area contributed by atoms with Gasteiger partial charge in [-0.1, -0.05) is 11.6 Å². The molecule has 1 aliphatic rings. The predicted molar refractivity (Wildman–Crippen MR) is 70.3 cm³/mol. The summed E-state index contributed by atoms with van der Waals surface area (Å²) in [5, 5.41) is 8.93. The highest BCUT2D eigenvalue weighted by Crippen LogP contribution is 2.24. The van der Waals surface area contributed by atoms with Crippen molar-refractivity contribution in [1.29, 1.82) is 5.26 Å². The second-order valence-corrected chi connectivity index (χ2v) is 6.64. The Morgan fingerprint density at radius 3 is 2.84 bits per heavy atom. The van der Waals surface area contributed by atoms with Gasteiger partial charge in [0.05, 0.1) is 28.2 Å². The predicted octanol–water partition coefficient (Wildman–Crippen LogP) is 1.62. The van der Waals surface area contributed by atoms with Crippen LogP contribution in [0, 0.1) is 11.3 Å². The van der Waals surface area contributed by atoms with Crippen molar-refractivity contribution in [1.82, 2.24) is 4.31 Å². The molecule has 5 nitrogen and oxygen atoms in total. The second-order valence-electron chi connectivity index (χ2n) is 4.30. The first kappa shape index (κ1) is 14.3. The van der Waals surface area contributed by atoms with E-state index >= 15 is 0 Å². The molecule has 7 heteroatoms. The van der Waals surface area contributed by atoms with Gasteiger partial charge in [0.15, 0.2) is 0 Å². The number of nitriles is 1. The van der Waals surface area contributed by atoms with Crippen molar-refractivity contribution in [3.63, 3.8) is 0 Å². The van der Waals surface area contributed by atoms with Crippen molar-refractivity contribution >= 4 is 21.6 Å². The van der Waals surface area contributed by atoms with E-state index in [0.29, 0.717) is 19.7 Å². The van der Waals surface area contributed by atoms with Crippen LogP contribution in [0.15, 0.2) is 23.1 Å². The summed E-state index contributed by atoms with van der Waals surface area (Å²) in [6.07, 6.45) is -0.127. The number of nitrogens with zero attached hydrogens (tertiary/aromatic N) is 2. The maximum Gasteiger partial charge on any atom is 0.243 e. The Kier molecular flexibility index (Phi) is 4.11. The maximum absolute atomic E-state index is 12.4. The van der Waals surface area contributed by atoms with E-state index in [2.05, 4.69) is 0 Å². The van der Waals surface area contributed by atoms with E-state index in [1.165, 1.54) is 22.5 Å². The van der Waals surface area contributed by atoms with Crippen LogP contribution < -0.4 is 0 Å². The summed E-state index contributed by atoms with van der Waals surface area (Å²) in [6, 6.07) is 6.03. The summed E-state index contributed by atoms with van der Waals surface area (Å²) in [6.45, 7) is 2.85. The van der Waals surface area contributed by atoms with E-state index < -0.39 is 10.0 Å². The molecule has 102 valence electrons. The molecule has 0 amide bonds. The Balaban J connectivity index is 2.34. The van der Waals surface area contributed by atoms with Crippen LogP contribution in [0.2, 0.25) is 5.02 Å². The molecule has 0 aliphatic carbocycles. The number of benzene rings is 1. The number of sulfonamides is 1. The molecule has 1 unspecified atom stereocenters. The fourth-order valence-corrected chi connectivity index (χ4v) is 3.71. The summed E-state index contributed by atoms with van der Waals surface area (Å²) >= 11 is 5.87. The fraction of sp³-hybridized carbons (Fsp3) is 0.417. The first-order chi connectivity index (χ1) is 8.95. The van der Waals surface area contributed by atoms with Crippen LogP contribution >= 0.6 is 11.6 Å². The number of ether oxygens (including phenoxy) is 1. The van der Waals surface area contributed by atoms with Crippen LogP contribution in [0.4, 0.5) is 0 Å². The average molecular weight is 301 g/mol. The Bertz CT molecular complexity index is 624. The van der Waals surface area contributed by atoms with Crippen molar-refractivity contribution < 1.29 is 13.2 Å². The zero-order valence-electron chi connectivity index (χ0n) is 10.3. The minimum Gasteiger partial charge on any atom is -0.376 e. The smallest absolute Gasteiger partial charge is 0.243 e. The molecule has 2 rings (SSSR count). The van der Waals surface area contributed by atoms with Crippen molar-refractivity contribution in [3.05, 3.63) is 28.8 Å². The van der Waals surface area contributed by atoms with Crippen LogP contribution in [0.5, 0.6) is 0 Å². The van der Waals surface area contributed by atoms with Crippen LogP contribution in [-0.4, -0.2) is 38.5 Å². The molecule has 0 aromatic heterocycles. The molecule has 1 aliphatic heterocycles. The number of hydrogen-bond donors (Lipinski definition) is 0. The summed E-state index contributed by atoms with van der Waals surface area (Å²) in [5.74, 6) is 0. The summed E-state index contributed by atoms with van der Waals surface area (Å²) < 4.78 is 31.5. The molecule has 19 heavy (non-hydrogen) atoms. The van der Waals surface area contributed by atoms with Gasteiger partial charge in [-0.15, -0.1) is 0 Å². The topological polar surface area (TPSA) is 70.4 Å². The highest BCUT2D eigenvalue weighted by molar-refractivity contribution is 7.89. The quantitative estimate of drug-likeness (QED) is 0.832. The monoisotopic (exact) mass is 300 g/mol. The maximum atomic E-state index is 12.4. The van der Waals surface area contributed by atoms with Crippen molar-refractivity contribution in [2.24, 2.45) is 0 Å². The summed E-state index contributed by atoms with van der Waals surface area (Å²) in [5.41, 5.74) is 0.260. The van der Waals surface area contributed by atoms with E-state index in [-0.39, 0.29) is 21.6 Å². The minimum absolute atomic E-state index is 0.102. The first-order valence-corrected chi connectivity index (χ1v) is 7.58. The van der Waals surface area contributed by atoms with Gasteiger partial charge >= 0.3 is 0 Å². The van der Waals surface area contributed by atoms with E-state index in [1.807, 2.05) is 13.0 Å². The average Bonchev–Trinajstić information content (AvgIpc) is 2.38. The molecule has 1 fully saturated rings. The molecule has 0 spiro atoms. The van der Waals surface area contributed by atoms with Gasteiger partial charge in [0.1, 0.15) is 6.07 Å². The van der Waals surface area contributed by atoms with Gasteiger partial charge < -0.3 is 4.74 Å². The highest BCUT2D eigenvalue weighted by atomic mass is 35.5. The summed E-state index contributed by atoms with van der Waals surface area (Å²) in [4.78, 5) is 0.102. The molecule has 0 bridgehead atoms. The molecule has 1 aromatic rings. The number of halogens is 1. The molecule has 0 radical (unpaired) electrons.